The number of ether oxygens (including phenoxy) is 2. The number of unbranched alkanes of at least 4 members (excludes halogenated alkanes) is 2. The summed E-state index contributed by atoms with van der Waals surface area (Å²) in [7, 11) is 3.93. The minimum absolute atomic E-state index is 0.0100. The van der Waals surface area contributed by atoms with Crippen LogP contribution in [0.5, 0.6) is 0 Å². The number of fused-ring (bicyclic) bond motifs is 5. The minimum Gasteiger partial charge on any atom is -0.444 e. The van der Waals surface area contributed by atoms with Crippen LogP contribution in [0.1, 0.15) is 192 Å². The maximum atomic E-state index is 13.7. The fourth-order valence-corrected chi connectivity index (χ4v) is 14.2. The Hall–Kier alpha value is -1.59. The number of amides is 3. The summed E-state index contributed by atoms with van der Waals surface area (Å²) < 4.78 is 10.8. The monoisotopic (exact) mass is 905 g/mol. The molecule has 3 amide bonds. The van der Waals surface area contributed by atoms with E-state index in [9.17, 15) is 14.4 Å². The molecule has 3 N–H and O–H groups in total. The van der Waals surface area contributed by atoms with Crippen LogP contribution in [0.25, 0.3) is 0 Å². The van der Waals surface area contributed by atoms with Gasteiger partial charge in [0.15, 0.2) is 0 Å². The average molecular weight is 905 g/mol. The van der Waals surface area contributed by atoms with E-state index in [4.69, 9.17) is 9.47 Å². The van der Waals surface area contributed by atoms with Gasteiger partial charge in [-0.3, -0.25) is 4.79 Å². The molecule has 0 spiro atoms. The van der Waals surface area contributed by atoms with Gasteiger partial charge in [-0.2, -0.15) is 0 Å². The van der Waals surface area contributed by atoms with Crippen LogP contribution in [0.3, 0.4) is 0 Å². The van der Waals surface area contributed by atoms with Crippen molar-refractivity contribution >= 4 is 39.7 Å². The van der Waals surface area contributed by atoms with Gasteiger partial charge in [0.25, 0.3) is 0 Å². The molecule has 4 rings (SSSR count). The van der Waals surface area contributed by atoms with Gasteiger partial charge in [-0.1, -0.05) is 80.2 Å². The Bertz CT molecular complexity index is 1450. The molecule has 0 aromatic carbocycles. The smallest absolute Gasteiger partial charge is 0.407 e. The van der Waals surface area contributed by atoms with Gasteiger partial charge in [-0.15, -0.1) is 0 Å². The van der Waals surface area contributed by atoms with Crippen LogP contribution in [-0.2, 0) is 14.3 Å². The summed E-state index contributed by atoms with van der Waals surface area (Å²) >= 11 is 0. The van der Waals surface area contributed by atoms with Crippen molar-refractivity contribution in [2.75, 3.05) is 31.9 Å². The number of nitrogens with one attached hydrogen (secondary N) is 3. The molecule has 0 heterocycles. The Balaban J connectivity index is 1.21. The molecular weight excluding hydrogens is 813 g/mol. The van der Waals surface area contributed by atoms with Gasteiger partial charge in [0.1, 0.15) is 11.2 Å². The lowest BCUT2D eigenvalue weighted by molar-refractivity contribution is -0.131. The van der Waals surface area contributed by atoms with E-state index in [0.717, 1.165) is 67.7 Å². The summed E-state index contributed by atoms with van der Waals surface area (Å²) in [5.74, 6) is 5.45. The fraction of sp³-hybridized carbons (Fsp3) is 0.902. The average Bonchev–Trinajstić information content (AvgIpc) is 3.49. The van der Waals surface area contributed by atoms with E-state index in [1.807, 2.05) is 81.9 Å². The largest absolute Gasteiger partial charge is 0.444 e. The molecule has 9 unspecified atom stereocenters. The minimum atomic E-state index is -0.556. The van der Waals surface area contributed by atoms with Crippen LogP contribution in [0.15, 0.2) is 11.6 Å². The van der Waals surface area contributed by atoms with E-state index >= 15 is 0 Å². The van der Waals surface area contributed by atoms with Gasteiger partial charge >= 0.3 is 12.2 Å². The predicted molar refractivity (Wildman–Crippen MR) is 263 cm³/mol. The van der Waals surface area contributed by atoms with Crippen LogP contribution < -0.4 is 16.0 Å². The topological polar surface area (TPSA) is 109 Å². The van der Waals surface area contributed by atoms with E-state index < -0.39 is 17.3 Å². The Morgan fingerprint density at radius 1 is 0.790 bits per heavy atom. The van der Waals surface area contributed by atoms with E-state index in [1.165, 1.54) is 77.0 Å². The quantitative estimate of drug-likeness (QED) is 0.0528. The van der Waals surface area contributed by atoms with Crippen molar-refractivity contribution in [2.45, 2.75) is 221 Å². The lowest BCUT2D eigenvalue weighted by atomic mass is 9.47. The Kier molecular flexibility index (Phi) is 20.7. The molecule has 9 atom stereocenters. The third-order valence-electron chi connectivity index (χ3n) is 14.9. The highest BCUT2D eigenvalue weighted by Crippen LogP contribution is 2.67. The maximum Gasteiger partial charge on any atom is 0.407 e. The number of nitrogens with zero attached hydrogens (tertiary/aromatic N) is 1. The van der Waals surface area contributed by atoms with Gasteiger partial charge in [-0.05, 0) is 192 Å². The lowest BCUT2D eigenvalue weighted by Gasteiger charge is -2.58. The highest BCUT2D eigenvalue weighted by atomic mass is 33.1. The second kappa shape index (κ2) is 24.3. The first kappa shape index (κ1) is 53.0. The number of carbonyl (C=O) groups is 3. The van der Waals surface area contributed by atoms with Crippen molar-refractivity contribution in [1.82, 2.24) is 20.9 Å². The molecule has 0 aliphatic heterocycles. The maximum absolute atomic E-state index is 13.7. The second-order valence-electron chi connectivity index (χ2n) is 22.8. The molecule has 62 heavy (non-hydrogen) atoms. The summed E-state index contributed by atoms with van der Waals surface area (Å²) in [4.78, 5) is 40.2. The highest BCUT2D eigenvalue weighted by molar-refractivity contribution is 8.76. The number of hydrogen-bond donors (Lipinski definition) is 3. The molecular formula is C51H92N4O5S2. The van der Waals surface area contributed by atoms with Gasteiger partial charge in [0, 0.05) is 42.6 Å². The van der Waals surface area contributed by atoms with Gasteiger partial charge < -0.3 is 30.3 Å². The molecule has 358 valence electrons. The van der Waals surface area contributed by atoms with Crippen molar-refractivity contribution < 1.29 is 23.9 Å². The first-order valence-electron chi connectivity index (χ1n) is 25.0. The zero-order chi connectivity index (χ0) is 45.7. The second-order valence-corrected chi connectivity index (χ2v) is 25.6. The summed E-state index contributed by atoms with van der Waals surface area (Å²) in [5, 5.41) is 9.97. The molecule has 4 aliphatic rings. The van der Waals surface area contributed by atoms with Crippen molar-refractivity contribution in [2.24, 2.45) is 40.4 Å². The molecule has 11 heteroatoms. The van der Waals surface area contributed by atoms with Crippen LogP contribution >= 0.6 is 21.6 Å². The normalized spacial score (nSPS) is 28.2. The van der Waals surface area contributed by atoms with Gasteiger partial charge in [-0.25, -0.2) is 9.59 Å². The van der Waals surface area contributed by atoms with Gasteiger partial charge in [0.05, 0.1) is 0 Å². The third-order valence-corrected chi connectivity index (χ3v) is 17.8. The third kappa shape index (κ3) is 16.7. The van der Waals surface area contributed by atoms with Crippen LogP contribution in [0.2, 0.25) is 0 Å². The standard InChI is InChI=1S/C51H92N4O5S2/c1-36(2)17-13-14-18-39-20-22-43-42-21-19-40-35-41(23-28-51(40,12)44(42)24-29-50(39,43)11)62-61-34-27-45(56)55(33-26-38(4)54-47(58)60-49(8,9)10)32-16-15-30-52-31-25-37(3)53-46(57)59-48(5,6)7/h19,36-39,41-44,52H,13-18,20-35H2,1-12H3,(H,53,57)(H,54,58). The van der Waals surface area contributed by atoms with E-state index in [1.54, 1.807) is 5.57 Å². The molecule has 9 nitrogen and oxygen atoms in total. The Morgan fingerprint density at radius 3 is 2.13 bits per heavy atom. The molecule has 3 fully saturated rings. The first-order chi connectivity index (χ1) is 29.1. The van der Waals surface area contributed by atoms with Crippen LogP contribution in [0, 0.1) is 40.4 Å². The molecule has 0 aromatic rings. The Morgan fingerprint density at radius 2 is 1.47 bits per heavy atom. The fourth-order valence-electron chi connectivity index (χ4n) is 11.5. The lowest BCUT2D eigenvalue weighted by Crippen LogP contribution is -2.50. The SMILES string of the molecule is CC(C)CCCCC1CCC2C3CC=C4CC(SSCCC(=O)N(CCCCNCCC(C)NC(=O)OC(C)(C)C)CCC(C)NC(=O)OC(C)(C)C)CCC4(C)C3CCC12C. The van der Waals surface area contributed by atoms with E-state index in [2.05, 4.69) is 49.7 Å². The van der Waals surface area contributed by atoms with Crippen LogP contribution in [-0.4, -0.2) is 83.5 Å². The highest BCUT2D eigenvalue weighted by Gasteiger charge is 2.58. The molecule has 0 saturated heterocycles. The molecule has 3 saturated carbocycles. The predicted octanol–water partition coefficient (Wildman–Crippen LogP) is 12.7. The Labute approximate surface area is 387 Å². The summed E-state index contributed by atoms with van der Waals surface area (Å²) in [5.41, 5.74) is 1.63. The molecule has 0 bridgehead atoms. The summed E-state index contributed by atoms with van der Waals surface area (Å²) in [6.07, 6.45) is 22.4. The van der Waals surface area contributed by atoms with Crippen molar-refractivity contribution in [3.05, 3.63) is 11.6 Å². The summed E-state index contributed by atoms with van der Waals surface area (Å²) in [6, 6.07) is -0.0992. The number of allylic oxidation sites excluding steroid dienone is 2. The number of rotatable bonds is 23. The van der Waals surface area contributed by atoms with Crippen molar-refractivity contribution in [1.29, 1.82) is 0 Å². The van der Waals surface area contributed by atoms with Crippen LogP contribution in [0.4, 0.5) is 9.59 Å². The zero-order valence-corrected chi connectivity index (χ0v) is 43.2. The number of hydrogen-bond acceptors (Lipinski definition) is 8. The van der Waals surface area contributed by atoms with Crippen molar-refractivity contribution in [3.63, 3.8) is 0 Å². The molecule has 4 aliphatic carbocycles. The van der Waals surface area contributed by atoms with Crippen molar-refractivity contribution in [3.8, 4) is 0 Å². The molecule has 0 radical (unpaired) electrons. The van der Waals surface area contributed by atoms with E-state index in [0.29, 0.717) is 42.0 Å². The number of carbonyl (C=O) groups excluding carboxylic acids is 3. The number of alkyl carbamates (subject to hydrolysis) is 2. The van der Waals surface area contributed by atoms with Gasteiger partial charge in [0.2, 0.25) is 5.91 Å². The zero-order valence-electron chi connectivity index (χ0n) is 41.6. The first-order valence-corrected chi connectivity index (χ1v) is 27.4. The van der Waals surface area contributed by atoms with E-state index in [-0.39, 0.29) is 24.1 Å². The molecule has 0 aromatic heterocycles. The summed E-state index contributed by atoms with van der Waals surface area (Å²) in [6.45, 7) is 28.2.